The lowest BCUT2D eigenvalue weighted by Crippen LogP contribution is -2.31. The van der Waals surface area contributed by atoms with Crippen molar-refractivity contribution < 1.29 is 19.0 Å². The van der Waals surface area contributed by atoms with Crippen LogP contribution in [0, 0.1) is 5.82 Å². The number of anilines is 1. The Kier molecular flexibility index (Phi) is 5.01. The van der Waals surface area contributed by atoms with Crippen LogP contribution >= 0.6 is 0 Å². The molecule has 1 aliphatic heterocycles. The first-order valence-corrected chi connectivity index (χ1v) is 9.62. The van der Waals surface area contributed by atoms with Gasteiger partial charge in [-0.05, 0) is 60.9 Å². The number of carbonyl (C=O) groups is 1. The first kappa shape index (κ1) is 17.8. The molecule has 0 amide bonds. The minimum atomic E-state index is -0.779. The zero-order valence-corrected chi connectivity index (χ0v) is 15.3. The summed E-state index contributed by atoms with van der Waals surface area (Å²) in [6.07, 6.45) is 5.14. The number of fused-ring (bicyclic) bond motifs is 1. The normalized spacial score (nSPS) is 16.6. The highest BCUT2D eigenvalue weighted by molar-refractivity contribution is 5.67. The van der Waals surface area contributed by atoms with Crippen LogP contribution in [-0.2, 0) is 24.2 Å². The second kappa shape index (κ2) is 7.59. The molecule has 0 spiro atoms. The molecule has 4 nitrogen and oxygen atoms in total. The topological polar surface area (TPSA) is 49.8 Å². The molecule has 0 radical (unpaired) electrons. The van der Waals surface area contributed by atoms with Crippen LogP contribution < -0.4 is 9.64 Å². The molecule has 0 saturated heterocycles. The smallest absolute Gasteiger partial charge is 0.303 e. The molecule has 0 atom stereocenters. The maximum absolute atomic E-state index is 14.5. The van der Waals surface area contributed by atoms with Gasteiger partial charge in [0.1, 0.15) is 11.6 Å². The van der Waals surface area contributed by atoms with Crippen LogP contribution in [0.1, 0.15) is 42.4 Å². The number of hydrogen-bond donors (Lipinski definition) is 1. The van der Waals surface area contributed by atoms with Gasteiger partial charge in [-0.1, -0.05) is 18.2 Å². The fourth-order valence-corrected chi connectivity index (χ4v) is 3.71. The summed E-state index contributed by atoms with van der Waals surface area (Å²) in [5.41, 5.74) is 4.04. The summed E-state index contributed by atoms with van der Waals surface area (Å²) >= 11 is 0. The van der Waals surface area contributed by atoms with Gasteiger partial charge in [-0.2, -0.15) is 0 Å². The maximum Gasteiger partial charge on any atom is 0.303 e. The Bertz CT molecular complexity index is 847. The summed E-state index contributed by atoms with van der Waals surface area (Å²) in [7, 11) is 0. The number of aryl methyl sites for hydroxylation is 1. The summed E-state index contributed by atoms with van der Waals surface area (Å²) in [6, 6.07) is 11.2. The van der Waals surface area contributed by atoms with Gasteiger partial charge in [0.25, 0.3) is 0 Å². The van der Waals surface area contributed by atoms with E-state index in [9.17, 15) is 9.18 Å². The second-order valence-electron chi connectivity index (χ2n) is 7.45. The molecule has 0 bridgehead atoms. The molecule has 27 heavy (non-hydrogen) atoms. The largest absolute Gasteiger partial charge is 0.490 e. The Morgan fingerprint density at radius 2 is 2.04 bits per heavy atom. The van der Waals surface area contributed by atoms with E-state index in [1.165, 1.54) is 23.6 Å². The second-order valence-corrected chi connectivity index (χ2v) is 7.45. The van der Waals surface area contributed by atoms with Gasteiger partial charge in [0.05, 0.1) is 11.8 Å². The molecular formula is C22H24FNO3. The fourth-order valence-electron chi connectivity index (χ4n) is 3.71. The van der Waals surface area contributed by atoms with Crippen LogP contribution in [0.25, 0.3) is 0 Å². The SMILES string of the molecule is O=C(O)CCc1ccc2c(c1)CCN(c1cc(OC3CCC3)ccc1F)C2. The number of aliphatic carboxylic acids is 1. The van der Waals surface area contributed by atoms with E-state index < -0.39 is 5.97 Å². The highest BCUT2D eigenvalue weighted by atomic mass is 19.1. The van der Waals surface area contributed by atoms with Crippen molar-refractivity contribution in [2.24, 2.45) is 0 Å². The van der Waals surface area contributed by atoms with Crippen molar-refractivity contribution in [3.8, 4) is 5.75 Å². The number of nitrogens with zero attached hydrogens (tertiary/aromatic N) is 1. The van der Waals surface area contributed by atoms with Crippen molar-refractivity contribution >= 4 is 11.7 Å². The highest BCUT2D eigenvalue weighted by Gasteiger charge is 2.22. The maximum atomic E-state index is 14.5. The van der Waals surface area contributed by atoms with Gasteiger partial charge in [-0.3, -0.25) is 4.79 Å². The van der Waals surface area contributed by atoms with Gasteiger partial charge < -0.3 is 14.7 Å². The summed E-state index contributed by atoms with van der Waals surface area (Å²) in [5.74, 6) is -0.262. The Labute approximate surface area is 158 Å². The average molecular weight is 369 g/mol. The first-order valence-electron chi connectivity index (χ1n) is 9.62. The zero-order chi connectivity index (χ0) is 18.8. The number of rotatable bonds is 6. The number of ether oxygens (including phenoxy) is 1. The third-order valence-corrected chi connectivity index (χ3v) is 5.52. The number of carboxylic acid groups (broad SMARTS) is 1. The van der Waals surface area contributed by atoms with Crippen LogP contribution in [0.5, 0.6) is 5.75 Å². The molecule has 1 fully saturated rings. The van der Waals surface area contributed by atoms with E-state index in [1.807, 2.05) is 18.2 Å². The van der Waals surface area contributed by atoms with Crippen LogP contribution in [0.4, 0.5) is 10.1 Å². The number of halogens is 1. The lowest BCUT2D eigenvalue weighted by molar-refractivity contribution is -0.136. The highest BCUT2D eigenvalue weighted by Crippen LogP contribution is 2.32. The van der Waals surface area contributed by atoms with E-state index in [1.54, 1.807) is 6.07 Å². The van der Waals surface area contributed by atoms with Crippen molar-refractivity contribution in [1.82, 2.24) is 0 Å². The van der Waals surface area contributed by atoms with E-state index in [2.05, 4.69) is 11.0 Å². The standard InChI is InChI=1S/C22H24FNO3/c23-20-8-7-19(27-18-2-1-3-18)13-21(20)24-11-10-16-12-15(5-9-22(25)26)4-6-17(16)14-24/h4,6-8,12-13,18H,1-3,5,9-11,14H2,(H,25,26). The average Bonchev–Trinajstić information content (AvgIpc) is 2.63. The molecule has 1 N–H and O–H groups in total. The van der Waals surface area contributed by atoms with Crippen molar-refractivity contribution in [3.63, 3.8) is 0 Å². The van der Waals surface area contributed by atoms with Crippen LogP contribution in [-0.4, -0.2) is 23.7 Å². The van der Waals surface area contributed by atoms with Crippen LogP contribution in [0.15, 0.2) is 36.4 Å². The minimum absolute atomic E-state index is 0.143. The summed E-state index contributed by atoms with van der Waals surface area (Å²) < 4.78 is 20.4. The fraction of sp³-hybridized carbons (Fsp3) is 0.409. The predicted octanol–water partition coefficient (Wildman–Crippen LogP) is 4.34. The molecule has 5 heteroatoms. The number of hydrogen-bond acceptors (Lipinski definition) is 3. The van der Waals surface area contributed by atoms with Gasteiger partial charge in [0.2, 0.25) is 0 Å². The molecule has 0 aromatic heterocycles. The molecule has 0 unspecified atom stereocenters. The quantitative estimate of drug-likeness (QED) is 0.823. The lowest BCUT2D eigenvalue weighted by Gasteiger charge is -2.32. The van der Waals surface area contributed by atoms with Gasteiger partial charge in [0, 0.05) is 25.6 Å². The van der Waals surface area contributed by atoms with E-state index in [0.717, 1.165) is 37.1 Å². The van der Waals surface area contributed by atoms with Crippen molar-refractivity contribution in [2.45, 2.75) is 51.2 Å². The lowest BCUT2D eigenvalue weighted by atomic mass is 9.95. The summed E-state index contributed by atoms with van der Waals surface area (Å²) in [4.78, 5) is 12.8. The summed E-state index contributed by atoms with van der Waals surface area (Å²) in [5, 5.41) is 8.84. The Balaban J connectivity index is 1.49. The zero-order valence-electron chi connectivity index (χ0n) is 15.3. The van der Waals surface area contributed by atoms with Gasteiger partial charge in [-0.15, -0.1) is 0 Å². The molecule has 1 heterocycles. The molecule has 1 saturated carbocycles. The molecule has 2 aromatic rings. The predicted molar refractivity (Wildman–Crippen MR) is 102 cm³/mol. The van der Waals surface area contributed by atoms with Crippen LogP contribution in [0.3, 0.4) is 0 Å². The van der Waals surface area contributed by atoms with Crippen molar-refractivity contribution in [2.75, 3.05) is 11.4 Å². The van der Waals surface area contributed by atoms with E-state index >= 15 is 0 Å². The molecule has 2 aromatic carbocycles. The molecule has 2 aliphatic rings. The minimum Gasteiger partial charge on any atom is -0.490 e. The van der Waals surface area contributed by atoms with E-state index in [0.29, 0.717) is 18.7 Å². The van der Waals surface area contributed by atoms with E-state index in [-0.39, 0.29) is 18.3 Å². The third-order valence-electron chi connectivity index (χ3n) is 5.52. The van der Waals surface area contributed by atoms with Gasteiger partial charge in [0.15, 0.2) is 0 Å². The molecule has 4 rings (SSSR count). The van der Waals surface area contributed by atoms with E-state index in [4.69, 9.17) is 9.84 Å². The van der Waals surface area contributed by atoms with Gasteiger partial charge >= 0.3 is 5.97 Å². The Morgan fingerprint density at radius 3 is 2.78 bits per heavy atom. The summed E-state index contributed by atoms with van der Waals surface area (Å²) in [6.45, 7) is 1.39. The van der Waals surface area contributed by atoms with Gasteiger partial charge in [-0.25, -0.2) is 4.39 Å². The Morgan fingerprint density at radius 1 is 1.19 bits per heavy atom. The van der Waals surface area contributed by atoms with Crippen molar-refractivity contribution in [3.05, 3.63) is 58.9 Å². The number of carboxylic acids is 1. The Hall–Kier alpha value is -2.56. The molecule has 142 valence electrons. The third kappa shape index (κ3) is 4.07. The van der Waals surface area contributed by atoms with Crippen molar-refractivity contribution in [1.29, 1.82) is 0 Å². The number of benzene rings is 2. The first-order chi connectivity index (χ1) is 13.1. The van der Waals surface area contributed by atoms with Crippen LogP contribution in [0.2, 0.25) is 0 Å². The molecule has 1 aliphatic carbocycles. The molecular weight excluding hydrogens is 345 g/mol. The monoisotopic (exact) mass is 369 g/mol.